The molecule has 0 aromatic heterocycles. The molecule has 2 aromatic carbocycles. The first-order chi connectivity index (χ1) is 9.13. The van der Waals surface area contributed by atoms with Crippen LogP contribution in [0.3, 0.4) is 0 Å². The van der Waals surface area contributed by atoms with Gasteiger partial charge in [0.05, 0.1) is 6.10 Å². The molecule has 0 unspecified atom stereocenters. The summed E-state index contributed by atoms with van der Waals surface area (Å²) in [5.41, 5.74) is 3.69. The molecule has 0 aliphatic rings. The first-order valence-corrected chi connectivity index (χ1v) is 6.69. The zero-order valence-corrected chi connectivity index (χ0v) is 11.8. The van der Waals surface area contributed by atoms with Crippen molar-refractivity contribution >= 4 is 5.69 Å². The summed E-state index contributed by atoms with van der Waals surface area (Å²) < 4.78 is 5.62. The number of aryl methyl sites for hydroxylation is 1. The Morgan fingerprint density at radius 1 is 1.05 bits per heavy atom. The number of nitrogens with one attached hydrogen (secondary N) is 1. The molecule has 0 amide bonds. The summed E-state index contributed by atoms with van der Waals surface area (Å²) >= 11 is 0. The largest absolute Gasteiger partial charge is 0.491 e. The van der Waals surface area contributed by atoms with Crippen molar-refractivity contribution in [2.75, 3.05) is 5.32 Å². The second-order valence-electron chi connectivity index (χ2n) is 5.03. The molecular weight excluding hydrogens is 234 g/mol. The van der Waals surface area contributed by atoms with Gasteiger partial charge in [0.15, 0.2) is 0 Å². The first-order valence-electron chi connectivity index (χ1n) is 6.69. The molecule has 0 heterocycles. The standard InChI is InChI=1S/C17H21NO/c1-13(2)19-17-9-7-16(8-10-17)18-12-15-6-4-5-14(3)11-15/h4-11,13,18H,12H2,1-3H3. The van der Waals surface area contributed by atoms with Gasteiger partial charge in [-0.25, -0.2) is 0 Å². The molecule has 100 valence electrons. The van der Waals surface area contributed by atoms with Crippen LogP contribution < -0.4 is 10.1 Å². The second-order valence-corrected chi connectivity index (χ2v) is 5.03. The van der Waals surface area contributed by atoms with Crippen LogP contribution in [0.5, 0.6) is 5.75 Å². The van der Waals surface area contributed by atoms with Crippen molar-refractivity contribution in [2.45, 2.75) is 33.4 Å². The Balaban J connectivity index is 1.93. The van der Waals surface area contributed by atoms with Gasteiger partial charge >= 0.3 is 0 Å². The van der Waals surface area contributed by atoms with Crippen molar-refractivity contribution in [3.05, 3.63) is 59.7 Å². The smallest absolute Gasteiger partial charge is 0.119 e. The molecule has 0 aliphatic carbocycles. The van der Waals surface area contributed by atoms with Gasteiger partial charge in [-0.05, 0) is 50.6 Å². The van der Waals surface area contributed by atoms with Gasteiger partial charge in [0.1, 0.15) is 5.75 Å². The molecule has 0 radical (unpaired) electrons. The van der Waals surface area contributed by atoms with E-state index in [0.717, 1.165) is 18.0 Å². The zero-order chi connectivity index (χ0) is 13.7. The fourth-order valence-corrected chi connectivity index (χ4v) is 1.95. The van der Waals surface area contributed by atoms with Gasteiger partial charge in [-0.3, -0.25) is 0 Å². The molecule has 0 atom stereocenters. The minimum Gasteiger partial charge on any atom is -0.491 e. The van der Waals surface area contributed by atoms with E-state index in [-0.39, 0.29) is 6.10 Å². The van der Waals surface area contributed by atoms with Crippen molar-refractivity contribution in [1.82, 2.24) is 0 Å². The molecule has 0 saturated heterocycles. The minimum absolute atomic E-state index is 0.214. The predicted molar refractivity (Wildman–Crippen MR) is 80.7 cm³/mol. The number of benzene rings is 2. The van der Waals surface area contributed by atoms with Gasteiger partial charge in [0, 0.05) is 12.2 Å². The van der Waals surface area contributed by atoms with E-state index in [1.807, 2.05) is 38.1 Å². The lowest BCUT2D eigenvalue weighted by Gasteiger charge is -2.11. The minimum atomic E-state index is 0.214. The second kappa shape index (κ2) is 6.28. The van der Waals surface area contributed by atoms with Crippen LogP contribution >= 0.6 is 0 Å². The van der Waals surface area contributed by atoms with Gasteiger partial charge in [-0.15, -0.1) is 0 Å². The molecule has 2 heteroatoms. The van der Waals surface area contributed by atoms with Crippen molar-refractivity contribution in [3.8, 4) is 5.75 Å². The molecule has 2 rings (SSSR count). The quantitative estimate of drug-likeness (QED) is 0.855. The van der Waals surface area contributed by atoms with E-state index in [9.17, 15) is 0 Å². The number of rotatable bonds is 5. The fraction of sp³-hybridized carbons (Fsp3) is 0.294. The van der Waals surface area contributed by atoms with Gasteiger partial charge in [-0.1, -0.05) is 29.8 Å². The van der Waals surface area contributed by atoms with E-state index in [4.69, 9.17) is 4.74 Å². The molecule has 0 aliphatic heterocycles. The predicted octanol–water partition coefficient (Wildman–Crippen LogP) is 4.39. The Morgan fingerprint density at radius 3 is 2.42 bits per heavy atom. The van der Waals surface area contributed by atoms with E-state index in [1.54, 1.807) is 0 Å². The summed E-state index contributed by atoms with van der Waals surface area (Å²) in [4.78, 5) is 0. The molecule has 0 spiro atoms. The number of hydrogen-bond donors (Lipinski definition) is 1. The van der Waals surface area contributed by atoms with Crippen molar-refractivity contribution < 1.29 is 4.74 Å². The molecule has 2 aromatic rings. The maximum atomic E-state index is 5.62. The van der Waals surface area contributed by atoms with Crippen LogP contribution in [-0.2, 0) is 6.54 Å². The summed E-state index contributed by atoms with van der Waals surface area (Å²) in [6, 6.07) is 16.6. The Hall–Kier alpha value is -1.96. The zero-order valence-electron chi connectivity index (χ0n) is 11.8. The normalized spacial score (nSPS) is 10.5. The Bertz CT molecular complexity index is 517. The summed E-state index contributed by atoms with van der Waals surface area (Å²) in [5.74, 6) is 0.913. The molecule has 19 heavy (non-hydrogen) atoms. The summed E-state index contributed by atoms with van der Waals surface area (Å²) in [5, 5.41) is 3.41. The highest BCUT2D eigenvalue weighted by Gasteiger charge is 1.98. The van der Waals surface area contributed by atoms with E-state index in [0.29, 0.717) is 0 Å². The van der Waals surface area contributed by atoms with Crippen LogP contribution in [0.1, 0.15) is 25.0 Å². The first kappa shape index (κ1) is 13.5. The maximum Gasteiger partial charge on any atom is 0.119 e. The van der Waals surface area contributed by atoms with Crippen molar-refractivity contribution in [2.24, 2.45) is 0 Å². The van der Waals surface area contributed by atoms with E-state index in [2.05, 4.69) is 36.5 Å². The van der Waals surface area contributed by atoms with E-state index >= 15 is 0 Å². The molecular formula is C17H21NO. The highest BCUT2D eigenvalue weighted by molar-refractivity contribution is 5.47. The summed E-state index contributed by atoms with van der Waals surface area (Å²) in [7, 11) is 0. The van der Waals surface area contributed by atoms with Crippen LogP contribution in [0.4, 0.5) is 5.69 Å². The third-order valence-corrected chi connectivity index (χ3v) is 2.81. The number of hydrogen-bond acceptors (Lipinski definition) is 2. The molecule has 0 bridgehead atoms. The van der Waals surface area contributed by atoms with Crippen LogP contribution in [0.15, 0.2) is 48.5 Å². The van der Waals surface area contributed by atoms with Gasteiger partial charge in [0.25, 0.3) is 0 Å². The van der Waals surface area contributed by atoms with Crippen LogP contribution in [0.25, 0.3) is 0 Å². The lowest BCUT2D eigenvalue weighted by molar-refractivity contribution is 0.242. The highest BCUT2D eigenvalue weighted by Crippen LogP contribution is 2.17. The third-order valence-electron chi connectivity index (χ3n) is 2.81. The maximum absolute atomic E-state index is 5.62. The van der Waals surface area contributed by atoms with E-state index < -0.39 is 0 Å². The van der Waals surface area contributed by atoms with Crippen molar-refractivity contribution in [3.63, 3.8) is 0 Å². The van der Waals surface area contributed by atoms with Gasteiger partial charge in [-0.2, -0.15) is 0 Å². The Morgan fingerprint density at radius 2 is 1.79 bits per heavy atom. The van der Waals surface area contributed by atoms with Gasteiger partial charge in [0.2, 0.25) is 0 Å². The molecule has 0 saturated carbocycles. The van der Waals surface area contributed by atoms with Gasteiger partial charge < -0.3 is 10.1 Å². The third kappa shape index (κ3) is 4.32. The van der Waals surface area contributed by atoms with Crippen LogP contribution in [0, 0.1) is 6.92 Å². The number of ether oxygens (including phenoxy) is 1. The Labute approximate surface area is 115 Å². The molecule has 2 nitrogen and oxygen atoms in total. The van der Waals surface area contributed by atoms with Crippen LogP contribution in [0.2, 0.25) is 0 Å². The van der Waals surface area contributed by atoms with E-state index in [1.165, 1.54) is 11.1 Å². The molecule has 1 N–H and O–H groups in total. The van der Waals surface area contributed by atoms with Crippen molar-refractivity contribution in [1.29, 1.82) is 0 Å². The fourth-order valence-electron chi connectivity index (χ4n) is 1.95. The SMILES string of the molecule is Cc1cccc(CNc2ccc(OC(C)C)cc2)c1. The molecule has 0 fully saturated rings. The highest BCUT2D eigenvalue weighted by atomic mass is 16.5. The van der Waals surface area contributed by atoms with Crippen LogP contribution in [-0.4, -0.2) is 6.10 Å². The Kier molecular flexibility index (Phi) is 4.45. The average molecular weight is 255 g/mol. The lowest BCUT2D eigenvalue weighted by atomic mass is 10.1. The number of anilines is 1. The monoisotopic (exact) mass is 255 g/mol. The summed E-state index contributed by atoms with van der Waals surface area (Å²) in [6.07, 6.45) is 0.214. The lowest BCUT2D eigenvalue weighted by Crippen LogP contribution is -2.05. The average Bonchev–Trinajstić information content (AvgIpc) is 2.37. The summed E-state index contributed by atoms with van der Waals surface area (Å²) in [6.45, 7) is 7.02. The topological polar surface area (TPSA) is 21.3 Å².